The molecule has 29 heavy (non-hydrogen) atoms. The fourth-order valence-electron chi connectivity index (χ4n) is 3.79. The molecule has 0 aliphatic heterocycles. The van der Waals surface area contributed by atoms with Crippen molar-refractivity contribution in [1.82, 2.24) is 15.5 Å². The quantitative estimate of drug-likeness (QED) is 0.537. The maximum atomic E-state index is 13.0. The summed E-state index contributed by atoms with van der Waals surface area (Å²) >= 11 is 6.00. The van der Waals surface area contributed by atoms with Crippen molar-refractivity contribution in [1.29, 1.82) is 0 Å². The zero-order chi connectivity index (χ0) is 20.2. The van der Waals surface area contributed by atoms with E-state index in [1.165, 1.54) is 0 Å². The van der Waals surface area contributed by atoms with Crippen molar-refractivity contribution >= 4 is 29.2 Å². The third kappa shape index (κ3) is 4.43. The predicted molar refractivity (Wildman–Crippen MR) is 118 cm³/mol. The van der Waals surface area contributed by atoms with Crippen molar-refractivity contribution in [3.05, 3.63) is 87.7 Å². The summed E-state index contributed by atoms with van der Waals surface area (Å²) in [5, 5.41) is 11.4. The SMILES string of the molecule is C[C@@H](NC(=O)c1[nH]nc2c1CCCCC2=Cc1ccc(Cl)cc1)c1ccccc1. The Kier molecular flexibility index (Phi) is 5.81. The summed E-state index contributed by atoms with van der Waals surface area (Å²) < 4.78 is 0. The van der Waals surface area contributed by atoms with Crippen LogP contribution in [0.15, 0.2) is 54.6 Å². The van der Waals surface area contributed by atoms with Crippen molar-refractivity contribution in [2.45, 2.75) is 38.6 Å². The topological polar surface area (TPSA) is 57.8 Å². The highest BCUT2D eigenvalue weighted by molar-refractivity contribution is 6.30. The van der Waals surface area contributed by atoms with Crippen LogP contribution in [0, 0.1) is 0 Å². The summed E-state index contributed by atoms with van der Waals surface area (Å²) in [5.41, 5.74) is 5.83. The Hall–Kier alpha value is -2.85. The number of amides is 1. The van der Waals surface area contributed by atoms with Gasteiger partial charge < -0.3 is 5.32 Å². The smallest absolute Gasteiger partial charge is 0.270 e. The van der Waals surface area contributed by atoms with Gasteiger partial charge in [0.15, 0.2) is 0 Å². The highest BCUT2D eigenvalue weighted by atomic mass is 35.5. The molecule has 148 valence electrons. The van der Waals surface area contributed by atoms with Crippen LogP contribution < -0.4 is 5.32 Å². The number of hydrogen-bond acceptors (Lipinski definition) is 2. The summed E-state index contributed by atoms with van der Waals surface area (Å²) in [6, 6.07) is 17.7. The predicted octanol–water partition coefficient (Wildman–Crippen LogP) is 5.82. The molecule has 0 saturated carbocycles. The van der Waals surface area contributed by atoms with E-state index in [4.69, 9.17) is 11.6 Å². The third-order valence-electron chi connectivity index (χ3n) is 5.38. The molecule has 1 aromatic heterocycles. The number of hydrogen-bond donors (Lipinski definition) is 2. The van der Waals surface area contributed by atoms with Crippen LogP contribution in [0.25, 0.3) is 11.6 Å². The second kappa shape index (κ2) is 8.66. The minimum atomic E-state index is -0.108. The van der Waals surface area contributed by atoms with Crippen molar-refractivity contribution in [3.8, 4) is 0 Å². The summed E-state index contributed by atoms with van der Waals surface area (Å²) in [4.78, 5) is 13.0. The highest BCUT2D eigenvalue weighted by Gasteiger charge is 2.24. The average Bonchev–Trinajstić information content (AvgIpc) is 3.06. The normalized spacial score (nSPS) is 16.1. The average molecular weight is 406 g/mol. The molecule has 0 fully saturated rings. The number of halogens is 1. The molecule has 1 aliphatic rings. The van der Waals surface area contributed by atoms with Crippen LogP contribution in [0.5, 0.6) is 0 Å². The second-order valence-electron chi connectivity index (χ2n) is 7.46. The molecule has 5 heteroatoms. The Labute approximate surface area is 176 Å². The Morgan fingerprint density at radius 2 is 1.83 bits per heavy atom. The first-order valence-corrected chi connectivity index (χ1v) is 10.4. The number of benzene rings is 2. The molecule has 0 bridgehead atoms. The van der Waals surface area contributed by atoms with Crippen LogP contribution in [0.2, 0.25) is 5.02 Å². The molecule has 3 aromatic rings. The Balaban J connectivity index is 1.60. The zero-order valence-electron chi connectivity index (χ0n) is 16.4. The van der Waals surface area contributed by atoms with Gasteiger partial charge in [0.05, 0.1) is 11.7 Å². The Morgan fingerprint density at radius 1 is 1.10 bits per heavy atom. The molecule has 0 unspecified atom stereocenters. The van der Waals surface area contributed by atoms with Gasteiger partial charge in [-0.25, -0.2) is 0 Å². The number of nitrogens with one attached hydrogen (secondary N) is 2. The van der Waals surface area contributed by atoms with Crippen LogP contribution in [-0.2, 0) is 6.42 Å². The number of carbonyl (C=O) groups excluding carboxylic acids is 1. The van der Waals surface area contributed by atoms with E-state index in [0.717, 1.165) is 58.7 Å². The number of H-pyrrole nitrogens is 1. The van der Waals surface area contributed by atoms with E-state index in [-0.39, 0.29) is 11.9 Å². The largest absolute Gasteiger partial charge is 0.344 e. The molecule has 0 radical (unpaired) electrons. The van der Waals surface area contributed by atoms with Crippen LogP contribution in [-0.4, -0.2) is 16.1 Å². The molecule has 1 heterocycles. The summed E-state index contributed by atoms with van der Waals surface area (Å²) in [6.45, 7) is 1.99. The molecule has 0 spiro atoms. The van der Waals surface area contributed by atoms with Crippen LogP contribution in [0.3, 0.4) is 0 Å². The molecule has 1 aliphatic carbocycles. The minimum Gasteiger partial charge on any atom is -0.344 e. The minimum absolute atomic E-state index is 0.0718. The van der Waals surface area contributed by atoms with Crippen LogP contribution in [0.1, 0.15) is 65.1 Å². The summed E-state index contributed by atoms with van der Waals surface area (Å²) in [5.74, 6) is -0.108. The van der Waals surface area contributed by atoms with Gasteiger partial charge in [0.25, 0.3) is 5.91 Å². The van der Waals surface area contributed by atoms with E-state index in [2.05, 4.69) is 21.6 Å². The molecule has 1 amide bonds. The van der Waals surface area contributed by atoms with Gasteiger partial charge >= 0.3 is 0 Å². The van der Waals surface area contributed by atoms with Gasteiger partial charge in [-0.2, -0.15) is 5.10 Å². The number of rotatable bonds is 4. The lowest BCUT2D eigenvalue weighted by molar-refractivity contribution is 0.0934. The van der Waals surface area contributed by atoms with E-state index in [0.29, 0.717) is 5.69 Å². The zero-order valence-corrected chi connectivity index (χ0v) is 17.2. The maximum absolute atomic E-state index is 13.0. The number of aromatic nitrogens is 2. The number of aromatic amines is 1. The lowest BCUT2D eigenvalue weighted by Crippen LogP contribution is -2.27. The van der Waals surface area contributed by atoms with Gasteiger partial charge in [0.2, 0.25) is 0 Å². The first kappa shape index (κ1) is 19.5. The highest BCUT2D eigenvalue weighted by Crippen LogP contribution is 2.32. The first-order valence-electron chi connectivity index (χ1n) is 10.0. The first-order chi connectivity index (χ1) is 14.1. The Morgan fingerprint density at radius 3 is 2.59 bits per heavy atom. The Bertz CT molecular complexity index is 1020. The number of allylic oxidation sites excluding steroid dienone is 1. The monoisotopic (exact) mass is 405 g/mol. The number of fused-ring (bicyclic) bond motifs is 1. The fraction of sp³-hybridized carbons (Fsp3) is 0.250. The van der Waals surface area contributed by atoms with Gasteiger partial charge in [-0.3, -0.25) is 9.89 Å². The lowest BCUT2D eigenvalue weighted by Gasteiger charge is -2.14. The van der Waals surface area contributed by atoms with Gasteiger partial charge in [0.1, 0.15) is 5.69 Å². The van der Waals surface area contributed by atoms with E-state index in [1.807, 2.05) is 61.5 Å². The standard InChI is InChI=1S/C24H24ClN3O/c1-16(18-7-3-2-4-8-18)26-24(29)23-21-10-6-5-9-19(22(21)27-28-23)15-17-11-13-20(25)14-12-17/h2-4,7-8,11-16H,5-6,9-10H2,1H3,(H,26,29)(H,27,28)/t16-/m1/s1. The van der Waals surface area contributed by atoms with E-state index < -0.39 is 0 Å². The van der Waals surface area contributed by atoms with E-state index in [9.17, 15) is 4.79 Å². The van der Waals surface area contributed by atoms with Gasteiger partial charge in [-0.15, -0.1) is 0 Å². The molecule has 2 aromatic carbocycles. The molecule has 1 atom stereocenters. The number of carbonyl (C=O) groups is 1. The van der Waals surface area contributed by atoms with Crippen molar-refractivity contribution < 1.29 is 4.79 Å². The second-order valence-corrected chi connectivity index (χ2v) is 7.90. The van der Waals surface area contributed by atoms with Crippen LogP contribution >= 0.6 is 11.6 Å². The third-order valence-corrected chi connectivity index (χ3v) is 5.63. The van der Waals surface area contributed by atoms with Gasteiger partial charge in [0, 0.05) is 10.6 Å². The molecule has 2 N–H and O–H groups in total. The fourth-order valence-corrected chi connectivity index (χ4v) is 3.92. The molecule has 4 nitrogen and oxygen atoms in total. The summed E-state index contributed by atoms with van der Waals surface area (Å²) in [7, 11) is 0. The maximum Gasteiger partial charge on any atom is 0.270 e. The van der Waals surface area contributed by atoms with Crippen LogP contribution in [0.4, 0.5) is 0 Å². The van der Waals surface area contributed by atoms with Crippen molar-refractivity contribution in [3.63, 3.8) is 0 Å². The van der Waals surface area contributed by atoms with Gasteiger partial charge in [-0.1, -0.05) is 54.1 Å². The van der Waals surface area contributed by atoms with E-state index in [1.54, 1.807) is 0 Å². The molecular weight excluding hydrogens is 382 g/mol. The molecule has 4 rings (SSSR count). The van der Waals surface area contributed by atoms with Crippen molar-refractivity contribution in [2.75, 3.05) is 0 Å². The number of nitrogens with zero attached hydrogens (tertiary/aromatic N) is 1. The van der Waals surface area contributed by atoms with Crippen molar-refractivity contribution in [2.24, 2.45) is 0 Å². The van der Waals surface area contributed by atoms with Gasteiger partial charge in [-0.05, 0) is 67.5 Å². The molecular formula is C24H24ClN3O. The van der Waals surface area contributed by atoms with E-state index >= 15 is 0 Å². The summed E-state index contributed by atoms with van der Waals surface area (Å²) in [6.07, 6.45) is 6.07. The molecule has 0 saturated heterocycles. The lowest BCUT2D eigenvalue weighted by atomic mass is 10.0.